The van der Waals surface area contributed by atoms with Gasteiger partial charge in [-0.3, -0.25) is 4.79 Å². The molecule has 0 aliphatic rings. The molecule has 3 rings (SSSR count). The topological polar surface area (TPSA) is 77.2 Å². The Morgan fingerprint density at radius 1 is 1.12 bits per heavy atom. The molecule has 0 unspecified atom stereocenters. The summed E-state index contributed by atoms with van der Waals surface area (Å²) in [4.78, 5) is 12.3. The highest BCUT2D eigenvalue weighted by molar-refractivity contribution is 8.00. The van der Waals surface area contributed by atoms with E-state index in [1.54, 1.807) is 14.0 Å². The van der Waals surface area contributed by atoms with E-state index in [2.05, 4.69) is 15.5 Å². The summed E-state index contributed by atoms with van der Waals surface area (Å²) in [6.07, 6.45) is 0. The lowest BCUT2D eigenvalue weighted by molar-refractivity contribution is -0.115. The quantitative estimate of drug-likeness (QED) is 0.657. The van der Waals surface area contributed by atoms with Crippen molar-refractivity contribution in [3.63, 3.8) is 0 Å². The number of hydrogen-bond acceptors (Lipinski definition) is 6. The van der Waals surface area contributed by atoms with Crippen LogP contribution in [0, 0.1) is 6.92 Å². The van der Waals surface area contributed by atoms with Gasteiger partial charge in [-0.05, 0) is 50.2 Å². The van der Waals surface area contributed by atoms with Crippen LogP contribution < -0.4 is 10.1 Å². The standard InChI is InChI=1S/C19H19N3O3S/c1-12-4-8-15(9-5-12)20-17(23)13(2)26-19-22-21-18(25-19)14-6-10-16(24-3)11-7-14/h4-11,13H,1-3H3,(H,20,23)/t13-/m1/s1. The predicted octanol–water partition coefficient (Wildman–Crippen LogP) is 4.17. The Labute approximate surface area is 156 Å². The van der Waals surface area contributed by atoms with Crippen molar-refractivity contribution in [1.29, 1.82) is 0 Å². The highest BCUT2D eigenvalue weighted by Gasteiger charge is 2.19. The van der Waals surface area contributed by atoms with Crippen molar-refractivity contribution < 1.29 is 13.9 Å². The maximum atomic E-state index is 12.3. The zero-order valence-electron chi connectivity index (χ0n) is 14.7. The summed E-state index contributed by atoms with van der Waals surface area (Å²) >= 11 is 1.22. The van der Waals surface area contributed by atoms with Crippen molar-refractivity contribution in [2.75, 3.05) is 12.4 Å². The molecule has 0 aliphatic carbocycles. The summed E-state index contributed by atoms with van der Waals surface area (Å²) in [5, 5.41) is 10.9. The molecule has 0 aliphatic heterocycles. The van der Waals surface area contributed by atoms with Gasteiger partial charge in [0.15, 0.2) is 0 Å². The number of methoxy groups -OCH3 is 1. The van der Waals surface area contributed by atoms with Crippen molar-refractivity contribution >= 4 is 23.4 Å². The van der Waals surface area contributed by atoms with Crippen LogP contribution >= 0.6 is 11.8 Å². The number of nitrogens with zero attached hydrogens (tertiary/aromatic N) is 2. The molecule has 2 aromatic carbocycles. The minimum atomic E-state index is -0.375. The molecule has 7 heteroatoms. The highest BCUT2D eigenvalue weighted by Crippen LogP contribution is 2.27. The van der Waals surface area contributed by atoms with E-state index >= 15 is 0 Å². The van der Waals surface area contributed by atoms with E-state index in [1.807, 2.05) is 55.5 Å². The number of carbonyl (C=O) groups excluding carboxylic acids is 1. The lowest BCUT2D eigenvalue weighted by Crippen LogP contribution is -2.22. The van der Waals surface area contributed by atoms with Gasteiger partial charge in [0.2, 0.25) is 11.8 Å². The summed E-state index contributed by atoms with van der Waals surface area (Å²) in [5.74, 6) is 1.04. The maximum Gasteiger partial charge on any atom is 0.277 e. The Morgan fingerprint density at radius 3 is 2.46 bits per heavy atom. The molecule has 1 atom stereocenters. The maximum absolute atomic E-state index is 12.3. The second-order valence-electron chi connectivity index (χ2n) is 5.72. The molecule has 134 valence electrons. The van der Waals surface area contributed by atoms with E-state index in [1.165, 1.54) is 11.8 Å². The van der Waals surface area contributed by atoms with Gasteiger partial charge in [-0.2, -0.15) is 0 Å². The zero-order valence-corrected chi connectivity index (χ0v) is 15.5. The van der Waals surface area contributed by atoms with Gasteiger partial charge in [-0.15, -0.1) is 10.2 Å². The van der Waals surface area contributed by atoms with E-state index in [0.717, 1.165) is 22.6 Å². The molecule has 26 heavy (non-hydrogen) atoms. The van der Waals surface area contributed by atoms with Crippen LogP contribution in [0.2, 0.25) is 0 Å². The van der Waals surface area contributed by atoms with E-state index in [9.17, 15) is 4.79 Å². The molecular formula is C19H19N3O3S. The van der Waals surface area contributed by atoms with Crippen LogP contribution in [0.1, 0.15) is 12.5 Å². The minimum Gasteiger partial charge on any atom is -0.497 e. The SMILES string of the molecule is COc1ccc(-c2nnc(S[C@H](C)C(=O)Nc3ccc(C)cc3)o2)cc1. The van der Waals surface area contributed by atoms with Crippen molar-refractivity contribution in [3.05, 3.63) is 54.1 Å². The number of carbonyl (C=O) groups is 1. The van der Waals surface area contributed by atoms with Gasteiger partial charge < -0.3 is 14.5 Å². The van der Waals surface area contributed by atoms with Gasteiger partial charge in [0.1, 0.15) is 5.75 Å². The van der Waals surface area contributed by atoms with Gasteiger partial charge in [-0.25, -0.2) is 0 Å². The average molecular weight is 369 g/mol. The Kier molecular flexibility index (Phi) is 5.58. The Balaban J connectivity index is 1.62. The minimum absolute atomic E-state index is 0.122. The fourth-order valence-corrected chi connectivity index (χ4v) is 2.88. The van der Waals surface area contributed by atoms with Crippen LogP contribution in [0.25, 0.3) is 11.5 Å². The summed E-state index contributed by atoms with van der Waals surface area (Å²) in [5.41, 5.74) is 2.70. The van der Waals surface area contributed by atoms with E-state index in [-0.39, 0.29) is 11.2 Å². The van der Waals surface area contributed by atoms with Crippen LogP contribution in [0.15, 0.2) is 58.2 Å². The Bertz CT molecular complexity index is 876. The van der Waals surface area contributed by atoms with Crippen LogP contribution in [0.4, 0.5) is 5.69 Å². The number of rotatable bonds is 6. The number of amides is 1. The molecule has 1 heterocycles. The van der Waals surface area contributed by atoms with Crippen LogP contribution in [-0.4, -0.2) is 28.5 Å². The summed E-state index contributed by atoms with van der Waals surface area (Å²) in [6.45, 7) is 3.80. The van der Waals surface area contributed by atoms with Crippen molar-refractivity contribution in [1.82, 2.24) is 10.2 Å². The molecular weight excluding hydrogens is 350 g/mol. The third-order valence-electron chi connectivity index (χ3n) is 3.71. The molecule has 0 spiro atoms. The second-order valence-corrected chi connectivity index (χ2v) is 7.01. The fraction of sp³-hybridized carbons (Fsp3) is 0.211. The monoisotopic (exact) mass is 369 g/mol. The molecule has 0 saturated carbocycles. The molecule has 6 nitrogen and oxygen atoms in total. The first-order valence-corrected chi connectivity index (χ1v) is 8.95. The van der Waals surface area contributed by atoms with Crippen molar-refractivity contribution in [3.8, 4) is 17.2 Å². The molecule has 0 bridgehead atoms. The predicted molar refractivity (Wildman–Crippen MR) is 101 cm³/mol. The molecule has 3 aromatic rings. The van der Waals surface area contributed by atoms with E-state index in [0.29, 0.717) is 11.1 Å². The highest BCUT2D eigenvalue weighted by atomic mass is 32.2. The number of hydrogen-bond donors (Lipinski definition) is 1. The second kappa shape index (κ2) is 8.05. The number of benzene rings is 2. The molecule has 1 N–H and O–H groups in total. The summed E-state index contributed by atoms with van der Waals surface area (Å²) < 4.78 is 10.8. The zero-order chi connectivity index (χ0) is 18.5. The lowest BCUT2D eigenvalue weighted by Gasteiger charge is -2.10. The summed E-state index contributed by atoms with van der Waals surface area (Å²) in [7, 11) is 1.61. The number of anilines is 1. The molecule has 1 aromatic heterocycles. The number of ether oxygens (including phenoxy) is 1. The first-order chi connectivity index (χ1) is 12.5. The molecule has 0 fully saturated rings. The Hall–Kier alpha value is -2.80. The van der Waals surface area contributed by atoms with Crippen LogP contribution in [0.5, 0.6) is 5.75 Å². The largest absolute Gasteiger partial charge is 0.497 e. The normalized spacial score (nSPS) is 11.8. The average Bonchev–Trinajstić information content (AvgIpc) is 3.12. The first kappa shape index (κ1) is 18.0. The van der Waals surface area contributed by atoms with Gasteiger partial charge in [-0.1, -0.05) is 29.5 Å². The van der Waals surface area contributed by atoms with E-state index in [4.69, 9.17) is 9.15 Å². The smallest absolute Gasteiger partial charge is 0.277 e. The third-order valence-corrected chi connectivity index (χ3v) is 4.64. The molecule has 0 saturated heterocycles. The first-order valence-electron chi connectivity index (χ1n) is 8.07. The molecule has 0 radical (unpaired) electrons. The van der Waals surface area contributed by atoms with E-state index < -0.39 is 0 Å². The lowest BCUT2D eigenvalue weighted by atomic mass is 10.2. The number of thioether (sulfide) groups is 1. The van der Waals surface area contributed by atoms with Gasteiger partial charge in [0.25, 0.3) is 5.22 Å². The molecule has 1 amide bonds. The Morgan fingerprint density at radius 2 is 1.81 bits per heavy atom. The van der Waals surface area contributed by atoms with Crippen molar-refractivity contribution in [2.45, 2.75) is 24.3 Å². The van der Waals surface area contributed by atoms with Gasteiger partial charge in [0.05, 0.1) is 12.4 Å². The number of nitrogens with one attached hydrogen (secondary N) is 1. The summed E-state index contributed by atoms with van der Waals surface area (Å²) in [6, 6.07) is 15.0. The van der Waals surface area contributed by atoms with Crippen LogP contribution in [0.3, 0.4) is 0 Å². The van der Waals surface area contributed by atoms with Crippen molar-refractivity contribution in [2.24, 2.45) is 0 Å². The number of aryl methyl sites for hydroxylation is 1. The van der Waals surface area contributed by atoms with Gasteiger partial charge in [0, 0.05) is 11.3 Å². The fourth-order valence-electron chi connectivity index (χ4n) is 2.19. The number of aromatic nitrogens is 2. The third kappa shape index (κ3) is 4.43. The van der Waals surface area contributed by atoms with Gasteiger partial charge >= 0.3 is 0 Å². The van der Waals surface area contributed by atoms with Crippen LogP contribution in [-0.2, 0) is 4.79 Å².